The summed E-state index contributed by atoms with van der Waals surface area (Å²) in [6.07, 6.45) is 1.59. The van der Waals surface area contributed by atoms with Crippen LogP contribution in [0.5, 0.6) is 0 Å². The third-order valence-electron chi connectivity index (χ3n) is 3.61. The van der Waals surface area contributed by atoms with E-state index in [4.69, 9.17) is 5.11 Å². The maximum Gasteiger partial charge on any atom is 0.306 e. The lowest BCUT2D eigenvalue weighted by Gasteiger charge is -2.32. The second-order valence-electron chi connectivity index (χ2n) is 6.03. The van der Waals surface area contributed by atoms with Gasteiger partial charge in [0.2, 0.25) is 5.56 Å². The van der Waals surface area contributed by atoms with E-state index in [1.165, 1.54) is 6.07 Å². The molecule has 0 atom stereocenters. The Labute approximate surface area is 122 Å². The van der Waals surface area contributed by atoms with E-state index in [1.54, 1.807) is 6.07 Å². The lowest BCUT2D eigenvalue weighted by Crippen LogP contribution is -2.46. The largest absolute Gasteiger partial charge is 0.481 e. The molecular weight excluding hydrogens is 272 g/mol. The number of hydrogen-bond donors (Lipinski definition) is 3. The summed E-state index contributed by atoms with van der Waals surface area (Å²) in [5.74, 6) is -1.14. The maximum atomic E-state index is 12.1. The molecule has 0 radical (unpaired) electrons. The van der Waals surface area contributed by atoms with Gasteiger partial charge in [-0.25, -0.2) is 0 Å². The van der Waals surface area contributed by atoms with E-state index in [1.807, 2.05) is 13.8 Å². The van der Waals surface area contributed by atoms with Gasteiger partial charge in [-0.15, -0.1) is 0 Å². The number of carbonyl (C=O) groups is 2. The highest BCUT2D eigenvalue weighted by atomic mass is 16.4. The fourth-order valence-electron chi connectivity index (χ4n) is 2.49. The Morgan fingerprint density at radius 1 is 1.38 bits per heavy atom. The summed E-state index contributed by atoms with van der Waals surface area (Å²) in [5.41, 5.74) is 0.767. The van der Waals surface area contributed by atoms with Gasteiger partial charge in [0.15, 0.2) is 0 Å². The van der Waals surface area contributed by atoms with Gasteiger partial charge in [-0.3, -0.25) is 14.4 Å². The number of rotatable bonds is 5. The van der Waals surface area contributed by atoms with Crippen LogP contribution in [-0.4, -0.2) is 28.0 Å². The van der Waals surface area contributed by atoms with Gasteiger partial charge in [0.05, 0.1) is 5.92 Å². The molecule has 6 heteroatoms. The number of H-pyrrole nitrogens is 1. The van der Waals surface area contributed by atoms with Crippen LogP contribution in [0.3, 0.4) is 0 Å². The Hall–Kier alpha value is -2.11. The quantitative estimate of drug-likeness (QED) is 0.758. The van der Waals surface area contributed by atoms with E-state index in [0.29, 0.717) is 30.7 Å². The molecule has 2 rings (SSSR count). The number of carboxylic acids is 1. The molecule has 21 heavy (non-hydrogen) atoms. The number of carboxylic acid groups (broad SMARTS) is 1. The summed E-state index contributed by atoms with van der Waals surface area (Å²) in [6.45, 7) is 4.07. The molecule has 1 aliphatic rings. The predicted octanol–water partition coefficient (Wildman–Crippen LogP) is 1.17. The van der Waals surface area contributed by atoms with Crippen LogP contribution in [0.15, 0.2) is 16.9 Å². The number of pyridine rings is 1. The molecule has 1 saturated carbocycles. The van der Waals surface area contributed by atoms with Crippen molar-refractivity contribution in [2.75, 3.05) is 0 Å². The molecule has 6 nitrogen and oxygen atoms in total. The van der Waals surface area contributed by atoms with Crippen molar-refractivity contribution in [1.82, 2.24) is 10.3 Å². The summed E-state index contributed by atoms with van der Waals surface area (Å²) in [7, 11) is 0. The van der Waals surface area contributed by atoms with E-state index in [-0.39, 0.29) is 23.4 Å². The number of amides is 1. The molecule has 1 amide bonds. The highest BCUT2D eigenvalue weighted by Gasteiger charge is 2.35. The van der Waals surface area contributed by atoms with Crippen LogP contribution in [-0.2, 0) is 11.2 Å². The fraction of sp³-hybridized carbons (Fsp3) is 0.533. The molecule has 1 aromatic rings. The zero-order valence-corrected chi connectivity index (χ0v) is 12.2. The van der Waals surface area contributed by atoms with Gasteiger partial charge in [-0.2, -0.15) is 0 Å². The smallest absolute Gasteiger partial charge is 0.306 e. The molecule has 0 aliphatic heterocycles. The first kappa shape index (κ1) is 15.3. The molecule has 1 fully saturated rings. The Morgan fingerprint density at radius 3 is 2.62 bits per heavy atom. The van der Waals surface area contributed by atoms with Gasteiger partial charge in [-0.05, 0) is 31.2 Å². The van der Waals surface area contributed by atoms with Crippen LogP contribution >= 0.6 is 0 Å². The van der Waals surface area contributed by atoms with Crippen LogP contribution in [0.4, 0.5) is 0 Å². The lowest BCUT2D eigenvalue weighted by atomic mass is 9.80. The van der Waals surface area contributed by atoms with Crippen molar-refractivity contribution < 1.29 is 14.7 Å². The van der Waals surface area contributed by atoms with Gasteiger partial charge >= 0.3 is 5.97 Å². The molecule has 3 N–H and O–H groups in total. The Kier molecular flexibility index (Phi) is 4.45. The summed E-state index contributed by atoms with van der Waals surface area (Å²) in [5, 5.41) is 11.6. The Morgan fingerprint density at radius 2 is 2.05 bits per heavy atom. The number of nitrogens with one attached hydrogen (secondary N) is 2. The third-order valence-corrected chi connectivity index (χ3v) is 3.61. The average molecular weight is 292 g/mol. The maximum absolute atomic E-state index is 12.1. The van der Waals surface area contributed by atoms with Crippen molar-refractivity contribution in [3.05, 3.63) is 33.7 Å². The van der Waals surface area contributed by atoms with E-state index in [9.17, 15) is 14.4 Å². The predicted molar refractivity (Wildman–Crippen MR) is 77.2 cm³/mol. The Bertz CT molecular complexity index is 600. The first-order chi connectivity index (χ1) is 9.85. The average Bonchev–Trinajstić information content (AvgIpc) is 2.30. The standard InChI is InChI=1S/C15H20N2O4/c1-8(2)3-11-4-9(7-13(18)16-11)14(19)17-12-5-10(6-12)15(20)21/h4,7-8,10,12H,3,5-6H2,1-2H3,(H,16,18)(H,17,19)(H,20,21). The second-order valence-corrected chi connectivity index (χ2v) is 6.03. The molecule has 0 spiro atoms. The van der Waals surface area contributed by atoms with Crippen LogP contribution in [0.1, 0.15) is 42.7 Å². The number of hydrogen-bond acceptors (Lipinski definition) is 3. The van der Waals surface area contributed by atoms with Gasteiger partial charge in [0, 0.05) is 23.4 Å². The van der Waals surface area contributed by atoms with Gasteiger partial charge in [0.25, 0.3) is 5.91 Å². The van der Waals surface area contributed by atoms with Crippen LogP contribution in [0, 0.1) is 11.8 Å². The van der Waals surface area contributed by atoms with Crippen LogP contribution < -0.4 is 10.9 Å². The molecule has 0 aromatic carbocycles. The first-order valence-corrected chi connectivity index (χ1v) is 7.12. The minimum atomic E-state index is -0.823. The number of carbonyl (C=O) groups excluding carboxylic acids is 1. The highest BCUT2D eigenvalue weighted by Crippen LogP contribution is 2.27. The SMILES string of the molecule is CC(C)Cc1cc(C(=O)NC2CC(C(=O)O)C2)cc(=O)[nH]1. The first-order valence-electron chi connectivity index (χ1n) is 7.12. The van der Waals surface area contributed by atoms with Crippen molar-refractivity contribution in [2.45, 2.75) is 39.2 Å². The highest BCUT2D eigenvalue weighted by molar-refractivity contribution is 5.94. The van der Waals surface area contributed by atoms with E-state index in [2.05, 4.69) is 10.3 Å². The molecular formula is C15H20N2O4. The topological polar surface area (TPSA) is 99.3 Å². The number of aliphatic carboxylic acids is 1. The molecule has 0 unspecified atom stereocenters. The van der Waals surface area contributed by atoms with Crippen molar-refractivity contribution in [3.63, 3.8) is 0 Å². The number of aromatic amines is 1. The zero-order valence-electron chi connectivity index (χ0n) is 12.2. The van der Waals surface area contributed by atoms with Crippen LogP contribution in [0.2, 0.25) is 0 Å². The van der Waals surface area contributed by atoms with E-state index < -0.39 is 5.97 Å². The van der Waals surface area contributed by atoms with Gasteiger partial charge in [0.1, 0.15) is 0 Å². The summed E-state index contributed by atoms with van der Waals surface area (Å²) < 4.78 is 0. The van der Waals surface area contributed by atoms with Crippen LogP contribution in [0.25, 0.3) is 0 Å². The van der Waals surface area contributed by atoms with Crippen molar-refractivity contribution in [3.8, 4) is 0 Å². The number of aromatic nitrogens is 1. The van der Waals surface area contributed by atoms with Gasteiger partial charge < -0.3 is 15.4 Å². The molecule has 1 aromatic heterocycles. The van der Waals surface area contributed by atoms with E-state index in [0.717, 1.165) is 5.69 Å². The normalized spacial score (nSPS) is 20.9. The summed E-state index contributed by atoms with van der Waals surface area (Å²) in [6, 6.07) is 2.84. The fourth-order valence-corrected chi connectivity index (χ4v) is 2.49. The Balaban J connectivity index is 2.01. The third kappa shape index (κ3) is 3.93. The van der Waals surface area contributed by atoms with Crippen molar-refractivity contribution in [2.24, 2.45) is 11.8 Å². The summed E-state index contributed by atoms with van der Waals surface area (Å²) in [4.78, 5) is 37.1. The molecule has 0 bridgehead atoms. The van der Waals surface area contributed by atoms with Gasteiger partial charge in [-0.1, -0.05) is 13.8 Å². The molecule has 114 valence electrons. The second kappa shape index (κ2) is 6.11. The zero-order chi connectivity index (χ0) is 15.6. The van der Waals surface area contributed by atoms with E-state index >= 15 is 0 Å². The summed E-state index contributed by atoms with van der Waals surface area (Å²) >= 11 is 0. The monoisotopic (exact) mass is 292 g/mol. The molecule has 1 aliphatic carbocycles. The minimum absolute atomic E-state index is 0.119. The van der Waals surface area contributed by atoms with Crippen molar-refractivity contribution in [1.29, 1.82) is 0 Å². The molecule has 0 saturated heterocycles. The molecule has 1 heterocycles. The minimum Gasteiger partial charge on any atom is -0.481 e. The van der Waals surface area contributed by atoms with Crippen molar-refractivity contribution >= 4 is 11.9 Å². The lowest BCUT2D eigenvalue weighted by molar-refractivity contribution is -0.145.